The smallest absolute Gasteiger partial charge is 0.243 e. The summed E-state index contributed by atoms with van der Waals surface area (Å²) in [5.74, 6) is -0.363. The van der Waals surface area contributed by atoms with E-state index in [0.717, 1.165) is 30.6 Å². The topological polar surface area (TPSA) is 70.8 Å². The Kier molecular flexibility index (Phi) is 5.35. The molecule has 4 rings (SSSR count). The molecule has 3 heterocycles. The van der Waals surface area contributed by atoms with Crippen LogP contribution in [0.1, 0.15) is 41.2 Å². The van der Waals surface area contributed by atoms with Crippen LogP contribution in [0, 0.1) is 18.8 Å². The maximum atomic E-state index is 13.1. The van der Waals surface area contributed by atoms with Gasteiger partial charge in [0, 0.05) is 9.75 Å². The molecule has 2 fully saturated rings. The van der Waals surface area contributed by atoms with Gasteiger partial charge in [-0.05, 0) is 44.0 Å². The van der Waals surface area contributed by atoms with Crippen molar-refractivity contribution < 1.29 is 18.8 Å². The van der Waals surface area contributed by atoms with Crippen LogP contribution in [0.3, 0.4) is 0 Å². The van der Waals surface area contributed by atoms with Crippen LogP contribution in [0.25, 0.3) is 0 Å². The summed E-state index contributed by atoms with van der Waals surface area (Å²) >= 11 is 1.63. The Labute approximate surface area is 168 Å². The first-order valence-electron chi connectivity index (χ1n) is 9.73. The van der Waals surface area contributed by atoms with Crippen LogP contribution in [0.4, 0.5) is 0 Å². The maximum absolute atomic E-state index is 13.1. The Hall–Kier alpha value is -2.41. The van der Waals surface area contributed by atoms with Crippen LogP contribution in [0.5, 0.6) is 0 Å². The van der Waals surface area contributed by atoms with Crippen LogP contribution in [-0.4, -0.2) is 34.1 Å². The minimum atomic E-state index is -0.234. The van der Waals surface area contributed by atoms with E-state index in [9.17, 15) is 14.4 Å². The van der Waals surface area contributed by atoms with Crippen molar-refractivity contribution in [2.75, 3.05) is 6.54 Å². The van der Waals surface area contributed by atoms with E-state index in [2.05, 4.69) is 0 Å². The lowest BCUT2D eigenvalue weighted by Crippen LogP contribution is -2.42. The van der Waals surface area contributed by atoms with Crippen molar-refractivity contribution in [1.29, 1.82) is 0 Å². The summed E-state index contributed by atoms with van der Waals surface area (Å²) in [5.41, 5.74) is 0. The van der Waals surface area contributed by atoms with Gasteiger partial charge in [0.2, 0.25) is 17.7 Å². The molecule has 2 aromatic rings. The number of likely N-dealkylation sites (tertiary alicyclic amines) is 1. The third kappa shape index (κ3) is 3.76. The van der Waals surface area contributed by atoms with Crippen molar-refractivity contribution in [2.45, 2.75) is 45.7 Å². The lowest BCUT2D eigenvalue weighted by Gasteiger charge is -2.24. The molecule has 6 nitrogen and oxygen atoms in total. The van der Waals surface area contributed by atoms with Crippen molar-refractivity contribution in [3.63, 3.8) is 0 Å². The number of aryl methyl sites for hydroxylation is 1. The Morgan fingerprint density at radius 2 is 1.86 bits per heavy atom. The van der Waals surface area contributed by atoms with E-state index in [1.807, 2.05) is 25.1 Å². The van der Waals surface area contributed by atoms with Crippen LogP contribution in [0.15, 0.2) is 34.9 Å². The normalized spacial score (nSPS) is 21.8. The molecule has 0 bridgehead atoms. The van der Waals surface area contributed by atoms with Crippen molar-refractivity contribution >= 4 is 29.1 Å². The average molecular weight is 401 g/mol. The van der Waals surface area contributed by atoms with Crippen molar-refractivity contribution in [3.05, 3.63) is 46.0 Å². The fourth-order valence-electron chi connectivity index (χ4n) is 4.20. The quantitative estimate of drug-likeness (QED) is 0.697. The predicted molar refractivity (Wildman–Crippen MR) is 104 cm³/mol. The van der Waals surface area contributed by atoms with E-state index in [0.29, 0.717) is 18.8 Å². The van der Waals surface area contributed by atoms with Gasteiger partial charge in [-0.2, -0.15) is 0 Å². The Morgan fingerprint density at radius 1 is 1.14 bits per heavy atom. The predicted octanol–water partition coefficient (Wildman–Crippen LogP) is 3.35. The summed E-state index contributed by atoms with van der Waals surface area (Å²) in [6, 6.07) is 7.63. The Morgan fingerprint density at radius 3 is 2.43 bits per heavy atom. The molecule has 0 radical (unpaired) electrons. The van der Waals surface area contributed by atoms with Crippen LogP contribution in [-0.2, 0) is 27.5 Å². The van der Waals surface area contributed by atoms with E-state index < -0.39 is 0 Å². The largest absolute Gasteiger partial charge is 0.467 e. The summed E-state index contributed by atoms with van der Waals surface area (Å²) in [4.78, 5) is 43.6. The lowest BCUT2D eigenvalue weighted by molar-refractivity contribution is -0.147. The molecule has 28 heavy (non-hydrogen) atoms. The summed E-state index contributed by atoms with van der Waals surface area (Å²) in [6.07, 6.45) is 5.04. The number of carbonyl (C=O) groups is 3. The molecular formula is C21H24N2O4S. The number of hydrogen-bond donors (Lipinski definition) is 0. The number of hydrogen-bond acceptors (Lipinski definition) is 5. The molecule has 2 atom stereocenters. The zero-order chi connectivity index (χ0) is 19.7. The summed E-state index contributed by atoms with van der Waals surface area (Å²) in [6.45, 7) is 2.58. The van der Waals surface area contributed by atoms with Gasteiger partial charge in [0.1, 0.15) is 12.3 Å². The van der Waals surface area contributed by atoms with Gasteiger partial charge >= 0.3 is 0 Å². The first-order valence-corrected chi connectivity index (χ1v) is 10.6. The van der Waals surface area contributed by atoms with Crippen molar-refractivity contribution in [2.24, 2.45) is 11.8 Å². The molecule has 1 saturated carbocycles. The van der Waals surface area contributed by atoms with E-state index in [-0.39, 0.29) is 36.1 Å². The number of thiophene rings is 1. The third-order valence-corrected chi connectivity index (χ3v) is 6.63. The van der Waals surface area contributed by atoms with E-state index in [1.165, 1.54) is 9.78 Å². The lowest BCUT2D eigenvalue weighted by atomic mass is 9.81. The van der Waals surface area contributed by atoms with Gasteiger partial charge < -0.3 is 9.32 Å². The molecule has 0 spiro atoms. The standard InChI is InChI=1S/C21H24N2O4S/c1-14-8-9-16(28-14)12-22(11-15-5-4-10-27-15)19(24)13-23-20(25)17-6-2-3-7-18(17)21(23)26/h4-5,8-10,17-18H,2-3,6-7,11-13H2,1H3. The van der Waals surface area contributed by atoms with Crippen LogP contribution < -0.4 is 0 Å². The molecule has 0 N–H and O–H groups in total. The van der Waals surface area contributed by atoms with Crippen molar-refractivity contribution in [1.82, 2.24) is 9.80 Å². The monoisotopic (exact) mass is 400 g/mol. The van der Waals surface area contributed by atoms with E-state index in [4.69, 9.17) is 4.42 Å². The van der Waals surface area contributed by atoms with Crippen molar-refractivity contribution in [3.8, 4) is 0 Å². The molecule has 3 amide bonds. The number of fused-ring (bicyclic) bond motifs is 1. The SMILES string of the molecule is Cc1ccc(CN(Cc2ccco2)C(=O)CN2C(=O)C3CCCCC3C2=O)s1. The Balaban J connectivity index is 1.50. The van der Waals surface area contributed by atoms with Gasteiger partial charge in [-0.3, -0.25) is 19.3 Å². The second kappa shape index (κ2) is 7.91. The number of carbonyl (C=O) groups excluding carboxylic acids is 3. The van der Waals surface area contributed by atoms with Gasteiger partial charge in [-0.25, -0.2) is 0 Å². The summed E-state index contributed by atoms with van der Waals surface area (Å²) < 4.78 is 5.41. The first-order chi connectivity index (χ1) is 13.5. The molecule has 2 unspecified atom stereocenters. The molecule has 1 saturated heterocycles. The molecule has 7 heteroatoms. The number of nitrogens with zero attached hydrogens (tertiary/aromatic N) is 2. The van der Waals surface area contributed by atoms with E-state index >= 15 is 0 Å². The zero-order valence-corrected chi connectivity index (χ0v) is 16.7. The van der Waals surface area contributed by atoms with Gasteiger partial charge in [-0.1, -0.05) is 12.8 Å². The number of imide groups is 1. The van der Waals surface area contributed by atoms with Crippen LogP contribution >= 0.6 is 11.3 Å². The highest BCUT2D eigenvalue weighted by Gasteiger charge is 2.48. The minimum absolute atomic E-state index is 0.173. The highest BCUT2D eigenvalue weighted by molar-refractivity contribution is 7.11. The zero-order valence-electron chi connectivity index (χ0n) is 15.9. The van der Waals surface area contributed by atoms with Gasteiger partial charge in [0.05, 0.1) is 31.2 Å². The molecule has 2 aliphatic rings. The number of furan rings is 1. The molecular weight excluding hydrogens is 376 g/mol. The molecule has 2 aromatic heterocycles. The molecule has 0 aromatic carbocycles. The molecule has 1 aliphatic heterocycles. The van der Waals surface area contributed by atoms with Gasteiger partial charge in [0.15, 0.2) is 0 Å². The molecule has 148 valence electrons. The summed E-state index contributed by atoms with van der Waals surface area (Å²) in [5, 5.41) is 0. The van der Waals surface area contributed by atoms with E-state index in [1.54, 1.807) is 28.6 Å². The number of amides is 3. The second-order valence-corrected chi connectivity index (χ2v) is 8.97. The number of rotatable bonds is 6. The highest BCUT2D eigenvalue weighted by Crippen LogP contribution is 2.38. The third-order valence-electron chi connectivity index (χ3n) is 5.65. The summed E-state index contributed by atoms with van der Waals surface area (Å²) in [7, 11) is 0. The highest BCUT2D eigenvalue weighted by atomic mass is 32.1. The fraction of sp³-hybridized carbons (Fsp3) is 0.476. The van der Waals surface area contributed by atoms with Crippen LogP contribution in [0.2, 0.25) is 0 Å². The Bertz CT molecular complexity index is 849. The average Bonchev–Trinajstić information content (AvgIpc) is 3.40. The molecule has 1 aliphatic carbocycles. The van der Waals surface area contributed by atoms with Gasteiger partial charge in [-0.15, -0.1) is 11.3 Å². The maximum Gasteiger partial charge on any atom is 0.243 e. The van der Waals surface area contributed by atoms with Gasteiger partial charge in [0.25, 0.3) is 0 Å². The first kappa shape index (κ1) is 18.9. The minimum Gasteiger partial charge on any atom is -0.467 e. The second-order valence-electron chi connectivity index (χ2n) is 7.60. The fourth-order valence-corrected chi connectivity index (χ4v) is 5.11.